The summed E-state index contributed by atoms with van der Waals surface area (Å²) in [7, 11) is 0. The zero-order valence-electron chi connectivity index (χ0n) is 36.5. The van der Waals surface area contributed by atoms with E-state index in [1.54, 1.807) is 6.92 Å². The Morgan fingerprint density at radius 2 is 1.61 bits per heavy atom. The van der Waals surface area contributed by atoms with E-state index in [0.29, 0.717) is 13.0 Å². The van der Waals surface area contributed by atoms with Gasteiger partial charge in [-0.15, -0.1) is 5.73 Å². The van der Waals surface area contributed by atoms with E-state index in [2.05, 4.69) is 102 Å². The number of carbonyl (C=O) groups is 2. The number of hydrogen-bond donors (Lipinski definition) is 3. The van der Waals surface area contributed by atoms with Crippen LogP contribution < -0.4 is 16.0 Å². The number of unbranched alkanes of at least 4 members (excludes halogenated alkanes) is 5. The molecule has 0 spiro atoms. The number of nitrogens with zero attached hydrogens (tertiary/aromatic N) is 1. The standard InChI is InChI=1S/C51H72N4O4/c1-40(52-34-29-42(3)55-39-47-22-13-9-12-20-45(47)24-25-46-21-14-15-23-49(46)55)30-38-59-37-18-10-17-36-58-35-16-8-7-11-19-41(2)53-44(5)50(57)54-48-27-32-51(6,33-28-48)31-26-43(4)56/h9,12,15,20,22-25,27-28,32,44,52-53H,1-3,7-8,10-11,14,16-19,21,26,29-31,33-39H2,4-6H3,(H,54,57)/b25-24-. The molecule has 0 aromatic heterocycles. The summed E-state index contributed by atoms with van der Waals surface area (Å²) in [6.07, 6.45) is 37.7. The van der Waals surface area contributed by atoms with Gasteiger partial charge in [0.05, 0.1) is 6.61 Å². The van der Waals surface area contributed by atoms with E-state index in [-0.39, 0.29) is 23.1 Å². The molecule has 4 aliphatic rings. The molecule has 0 radical (unpaired) electrons. The fourth-order valence-corrected chi connectivity index (χ4v) is 7.37. The molecule has 3 aliphatic carbocycles. The lowest BCUT2D eigenvalue weighted by atomic mass is 9.79. The molecular formula is C51H72N4O4. The summed E-state index contributed by atoms with van der Waals surface area (Å²) in [5.41, 5.74) is 12.1. The van der Waals surface area contributed by atoms with Crippen molar-refractivity contribution >= 4 is 11.7 Å². The molecule has 0 fully saturated rings. The van der Waals surface area contributed by atoms with Gasteiger partial charge in [-0.05, 0) is 124 Å². The molecule has 1 heterocycles. The molecule has 320 valence electrons. The Bertz CT molecular complexity index is 1760. The van der Waals surface area contributed by atoms with Crippen LogP contribution in [0.3, 0.4) is 0 Å². The Balaban J connectivity index is 0.937. The minimum absolute atomic E-state index is 0.0369. The Labute approximate surface area is 356 Å². The molecule has 1 aliphatic heterocycles. The van der Waals surface area contributed by atoms with Crippen LogP contribution in [0.4, 0.5) is 0 Å². The third kappa shape index (κ3) is 17.6. The maximum atomic E-state index is 12.7. The summed E-state index contributed by atoms with van der Waals surface area (Å²) in [4.78, 5) is 26.5. The van der Waals surface area contributed by atoms with Crippen molar-refractivity contribution in [1.82, 2.24) is 20.9 Å². The first-order chi connectivity index (χ1) is 28.5. The lowest BCUT2D eigenvalue weighted by Crippen LogP contribution is -2.41. The first kappa shape index (κ1) is 47.1. The SMILES string of the molecule is C=C(CCOCCCCCOCCCCCCC(=C)NC(C)C(=O)NC1=CCC(C)(CCC(C)=O)C=C1)NCCC(=C)N1CC2=C(C=CC=C=C2)/C=C\C2=C1C=CCC2. The van der Waals surface area contributed by atoms with Crippen LogP contribution in [0, 0.1) is 5.41 Å². The van der Waals surface area contributed by atoms with E-state index in [1.165, 1.54) is 22.4 Å². The number of Topliss-reactive ketones (excluding diaryl/α,β-unsaturated/α-hetero) is 1. The number of carbonyl (C=O) groups excluding carboxylic acids is 2. The van der Waals surface area contributed by atoms with E-state index < -0.39 is 0 Å². The van der Waals surface area contributed by atoms with Gasteiger partial charge >= 0.3 is 0 Å². The van der Waals surface area contributed by atoms with Crippen molar-refractivity contribution in [3.8, 4) is 0 Å². The van der Waals surface area contributed by atoms with Crippen molar-refractivity contribution < 1.29 is 19.1 Å². The monoisotopic (exact) mass is 805 g/mol. The molecule has 1 amide bonds. The average molecular weight is 805 g/mol. The molecular weight excluding hydrogens is 733 g/mol. The lowest BCUT2D eigenvalue weighted by Gasteiger charge is -2.33. The highest BCUT2D eigenvalue weighted by molar-refractivity contribution is 5.83. The normalized spacial score (nSPS) is 19.2. The predicted molar refractivity (Wildman–Crippen MR) is 244 cm³/mol. The van der Waals surface area contributed by atoms with Gasteiger partial charge in [0.15, 0.2) is 0 Å². The Hall–Kier alpha value is -4.62. The fourth-order valence-electron chi connectivity index (χ4n) is 7.37. The summed E-state index contributed by atoms with van der Waals surface area (Å²) in [6.45, 7) is 23.1. The Kier molecular flexibility index (Phi) is 20.6. The van der Waals surface area contributed by atoms with Gasteiger partial charge in [-0.25, -0.2) is 0 Å². The molecule has 59 heavy (non-hydrogen) atoms. The highest BCUT2D eigenvalue weighted by Gasteiger charge is 2.24. The molecule has 2 unspecified atom stereocenters. The number of ketones is 1. The molecule has 0 saturated heterocycles. The number of rotatable bonds is 28. The van der Waals surface area contributed by atoms with Crippen LogP contribution in [0.2, 0.25) is 0 Å². The molecule has 0 saturated carbocycles. The van der Waals surface area contributed by atoms with Crippen LogP contribution in [0.1, 0.15) is 117 Å². The van der Waals surface area contributed by atoms with Gasteiger partial charge in [-0.2, -0.15) is 0 Å². The van der Waals surface area contributed by atoms with E-state index >= 15 is 0 Å². The van der Waals surface area contributed by atoms with Gasteiger partial charge in [-0.1, -0.05) is 82.0 Å². The van der Waals surface area contributed by atoms with Crippen LogP contribution in [0.15, 0.2) is 138 Å². The summed E-state index contributed by atoms with van der Waals surface area (Å²) in [6, 6.07) is -0.366. The number of hydrogen-bond acceptors (Lipinski definition) is 7. The summed E-state index contributed by atoms with van der Waals surface area (Å²) in [5, 5.41) is 9.76. The summed E-state index contributed by atoms with van der Waals surface area (Å²) in [5.74, 6) is 0.135. The van der Waals surface area contributed by atoms with Crippen LogP contribution in [-0.4, -0.2) is 62.1 Å². The molecule has 0 aromatic carbocycles. The summed E-state index contributed by atoms with van der Waals surface area (Å²) >= 11 is 0. The van der Waals surface area contributed by atoms with Crippen molar-refractivity contribution in [1.29, 1.82) is 0 Å². The molecule has 8 nitrogen and oxygen atoms in total. The lowest BCUT2D eigenvalue weighted by molar-refractivity contribution is -0.121. The van der Waals surface area contributed by atoms with Crippen molar-refractivity contribution in [2.75, 3.05) is 39.5 Å². The maximum Gasteiger partial charge on any atom is 0.246 e. The number of ether oxygens (including phenoxy) is 2. The van der Waals surface area contributed by atoms with Crippen molar-refractivity contribution in [3.05, 3.63) is 138 Å². The second kappa shape index (κ2) is 25.8. The minimum Gasteiger partial charge on any atom is -0.388 e. The highest BCUT2D eigenvalue weighted by Crippen LogP contribution is 2.34. The van der Waals surface area contributed by atoms with E-state index in [4.69, 9.17) is 9.47 Å². The van der Waals surface area contributed by atoms with Gasteiger partial charge in [0, 0.05) is 80.7 Å². The van der Waals surface area contributed by atoms with Gasteiger partial charge < -0.3 is 35.1 Å². The summed E-state index contributed by atoms with van der Waals surface area (Å²) < 4.78 is 11.8. The number of amides is 1. The quantitative estimate of drug-likeness (QED) is 0.0536. The number of allylic oxidation sites excluding steroid dienone is 12. The molecule has 8 heteroatoms. The van der Waals surface area contributed by atoms with Crippen molar-refractivity contribution in [2.45, 2.75) is 123 Å². The van der Waals surface area contributed by atoms with E-state index in [1.807, 2.05) is 25.2 Å². The van der Waals surface area contributed by atoms with Crippen molar-refractivity contribution in [3.63, 3.8) is 0 Å². The first-order valence-electron chi connectivity index (χ1n) is 22.1. The predicted octanol–water partition coefficient (Wildman–Crippen LogP) is 10.4. The topological polar surface area (TPSA) is 91.9 Å². The zero-order chi connectivity index (χ0) is 42.3. The Morgan fingerprint density at radius 1 is 0.864 bits per heavy atom. The molecule has 3 N–H and O–H groups in total. The maximum absolute atomic E-state index is 12.7. The average Bonchev–Trinajstić information content (AvgIpc) is 3.44. The van der Waals surface area contributed by atoms with Crippen molar-refractivity contribution in [2.24, 2.45) is 5.41 Å². The molecule has 4 rings (SSSR count). The van der Waals surface area contributed by atoms with Gasteiger partial charge in [0.1, 0.15) is 11.8 Å². The Morgan fingerprint density at radius 3 is 2.36 bits per heavy atom. The van der Waals surface area contributed by atoms with Gasteiger partial charge in [0.2, 0.25) is 5.91 Å². The van der Waals surface area contributed by atoms with Gasteiger partial charge in [-0.3, -0.25) is 4.79 Å². The second-order valence-corrected chi connectivity index (χ2v) is 16.6. The van der Waals surface area contributed by atoms with Crippen LogP contribution in [0.5, 0.6) is 0 Å². The third-order valence-corrected chi connectivity index (χ3v) is 11.3. The van der Waals surface area contributed by atoms with E-state index in [0.717, 1.165) is 146 Å². The molecule has 0 bridgehead atoms. The van der Waals surface area contributed by atoms with Crippen LogP contribution >= 0.6 is 0 Å². The third-order valence-electron chi connectivity index (χ3n) is 11.3. The zero-order valence-corrected chi connectivity index (χ0v) is 36.5. The first-order valence-corrected chi connectivity index (χ1v) is 22.1. The molecule has 2 atom stereocenters. The minimum atomic E-state index is -0.366. The number of nitrogens with one attached hydrogen (secondary N) is 3. The largest absolute Gasteiger partial charge is 0.388 e. The second-order valence-electron chi connectivity index (χ2n) is 16.6. The van der Waals surface area contributed by atoms with Crippen LogP contribution in [-0.2, 0) is 19.1 Å². The van der Waals surface area contributed by atoms with Crippen LogP contribution in [0.25, 0.3) is 0 Å². The fraction of sp³-hybridized carbons (Fsp3) is 0.510. The smallest absolute Gasteiger partial charge is 0.246 e. The molecule has 0 aromatic rings. The van der Waals surface area contributed by atoms with E-state index in [9.17, 15) is 9.59 Å². The van der Waals surface area contributed by atoms with Gasteiger partial charge in [0.25, 0.3) is 0 Å². The highest BCUT2D eigenvalue weighted by atomic mass is 16.5.